The van der Waals surface area contributed by atoms with Gasteiger partial charge in [-0.1, -0.05) is 236 Å². The van der Waals surface area contributed by atoms with Crippen molar-refractivity contribution in [3.63, 3.8) is 0 Å². The first-order valence-electron chi connectivity index (χ1n) is 47.2. The summed E-state index contributed by atoms with van der Waals surface area (Å²) in [4.78, 5) is 96.2. The van der Waals surface area contributed by atoms with Crippen LogP contribution in [0.1, 0.15) is 88.6 Å². The predicted molar refractivity (Wildman–Crippen MR) is 588 cm³/mol. The summed E-state index contributed by atoms with van der Waals surface area (Å²) in [7, 11) is 1.64. The van der Waals surface area contributed by atoms with Crippen LogP contribution in [0.2, 0.25) is 10.0 Å². The molecule has 35 nitrogen and oxygen atoms in total. The topological polar surface area (TPSA) is 449 Å². The summed E-state index contributed by atoms with van der Waals surface area (Å²) in [5.41, 5.74) is 10.8. The number of methoxy groups -OCH3 is 1. The van der Waals surface area contributed by atoms with Crippen molar-refractivity contribution in [2.24, 2.45) is 0 Å². The molecular weight excluding hydrogens is 1890 g/mol. The molecule has 7 aromatic heterocycles. The zero-order chi connectivity index (χ0) is 104. The smallest absolute Gasteiger partial charge is 0.414 e. The van der Waals surface area contributed by atoms with Gasteiger partial charge in [-0.05, 0) is 192 Å². The maximum absolute atomic E-state index is 11.9. The van der Waals surface area contributed by atoms with Crippen molar-refractivity contribution in [3.05, 3.63) is 350 Å². The van der Waals surface area contributed by atoms with Gasteiger partial charge in [0.15, 0.2) is 34.9 Å². The minimum Gasteiger partial charge on any atom is -0.497 e. The number of ether oxygens (including phenoxy) is 2. The van der Waals surface area contributed by atoms with E-state index in [1.165, 1.54) is 0 Å². The van der Waals surface area contributed by atoms with Crippen LogP contribution in [0.5, 0.6) is 5.75 Å². The lowest BCUT2D eigenvalue weighted by Gasteiger charge is -2.12. The highest BCUT2D eigenvalue weighted by molar-refractivity contribution is 6.33. The second kappa shape index (κ2) is 54.5. The molecule has 744 valence electrons. The summed E-state index contributed by atoms with van der Waals surface area (Å²) >= 11 is 12.3. The molecule has 7 heterocycles. The van der Waals surface area contributed by atoms with E-state index >= 15 is 0 Å². The van der Waals surface area contributed by atoms with Crippen molar-refractivity contribution in [2.75, 3.05) is 70.9 Å². The summed E-state index contributed by atoms with van der Waals surface area (Å²) < 4.78 is 10.3. The predicted octanol–water partition coefficient (Wildman–Crippen LogP) is 25.3. The first kappa shape index (κ1) is 106. The molecule has 0 saturated heterocycles. The minimum absolute atomic E-state index is 0.114. The number of nitrogens with zero attached hydrogens (tertiary/aromatic N) is 20. The number of amides is 1. The van der Waals surface area contributed by atoms with Crippen LogP contribution in [-0.4, -0.2) is 144 Å². The van der Waals surface area contributed by atoms with Crippen LogP contribution in [-0.2, 0) is 4.74 Å². The number of hydrogen-bond donors (Lipinski definition) is 12. The fraction of sp³-hybridized carbons (Fsp3) is 0.173. The Morgan fingerprint density at radius 1 is 0.279 bits per heavy atom. The number of rotatable bonds is 31. The number of carbonyl (C=O) groups excluding carboxylic acids is 1. The van der Waals surface area contributed by atoms with E-state index in [1.54, 1.807) is 39.4 Å². The van der Waals surface area contributed by atoms with Gasteiger partial charge in [-0.2, -0.15) is 95.0 Å². The van der Waals surface area contributed by atoms with E-state index in [2.05, 4.69) is 165 Å². The van der Waals surface area contributed by atoms with Crippen molar-refractivity contribution in [1.82, 2.24) is 94.7 Å². The van der Waals surface area contributed by atoms with Gasteiger partial charge in [-0.3, -0.25) is 10.3 Å². The quantitative estimate of drug-likeness (QED) is 0.0192. The number of pyridine rings is 1. The molecule has 18 aromatic rings. The van der Waals surface area contributed by atoms with Crippen molar-refractivity contribution in [3.8, 4) is 80.1 Å². The standard InChI is InChI=1S/C19H18N6.C19H19N5O2.C19H21N5O.2C18H18ClN5.C17H18N6/c1-13(2)21-18-23-17(14-8-4-3-5-9-14)24-19(25-18)22-16-11-7-6-10-15(16)12-20;1-13(2)26-19(25)24-18-22-16(14-9-5-3-6-10-14)21-17(23-18)20-15-11-7-4-8-12-15;1-13(2)20-18-22-17(14-7-5-4-6-8-14)23-19(24-18)21-15-9-11-16(25-3)12-10-15;1-12(2)20-17-22-16(13-7-6-8-14(19)11-13)23-18(24-17)21-15-9-4-3-5-10-15;1-12(2)20-17-22-16(13-8-4-3-5-9-13)23-18(24-17)21-15-11-7-6-10-14(15)19;1-12(2)19-16-21-15(13-8-10-18-11-9-13)22-17(23-16)20-14-6-4-3-5-7-14/h3-11,13H,1-2H3,(H2,21,22,23,24,25);3-13H,1-2H3,(H2,20,21,22,23,24,25);4-13H,1-3H3,(H2,20,21,22,23,24);2*3-12H,1-2H3,(H2,20,21,22,23,24);3-12H,1-2H3,(H2,19,20,21,22,23). The van der Waals surface area contributed by atoms with Crippen molar-refractivity contribution in [1.29, 1.82) is 5.26 Å². The van der Waals surface area contributed by atoms with Crippen LogP contribution in [0.3, 0.4) is 0 Å². The molecule has 0 bridgehead atoms. The maximum Gasteiger partial charge on any atom is 0.414 e. The first-order chi connectivity index (χ1) is 71.3. The molecule has 0 atom stereocenters. The van der Waals surface area contributed by atoms with Gasteiger partial charge in [-0.25, -0.2) is 4.79 Å². The summed E-state index contributed by atoms with van der Waals surface area (Å²) in [5.74, 6) is 9.55. The lowest BCUT2D eigenvalue weighted by molar-refractivity contribution is 0.129. The zero-order valence-corrected chi connectivity index (χ0v) is 84.7. The number of hydrogen-bond acceptors (Lipinski definition) is 34. The van der Waals surface area contributed by atoms with Crippen LogP contribution >= 0.6 is 23.2 Å². The highest BCUT2D eigenvalue weighted by atomic mass is 35.5. The number of para-hydroxylation sites is 5. The second-order valence-corrected chi connectivity index (χ2v) is 34.7. The molecule has 11 aromatic carbocycles. The summed E-state index contributed by atoms with van der Waals surface area (Å²) in [6.45, 7) is 23.9. The largest absolute Gasteiger partial charge is 0.497 e. The molecule has 12 N–H and O–H groups in total. The van der Waals surface area contributed by atoms with E-state index in [-0.39, 0.29) is 42.3 Å². The average Bonchev–Trinajstić information content (AvgIpc) is 0.847. The van der Waals surface area contributed by atoms with Crippen molar-refractivity contribution >= 4 is 135 Å². The van der Waals surface area contributed by atoms with Gasteiger partial charge in [0.05, 0.1) is 35.2 Å². The Bertz CT molecular complexity index is 7220. The number of anilines is 18. The molecule has 37 heteroatoms. The van der Waals surface area contributed by atoms with Crippen LogP contribution in [0, 0.1) is 11.3 Å². The van der Waals surface area contributed by atoms with Crippen LogP contribution < -0.4 is 68.5 Å². The van der Waals surface area contributed by atoms with Crippen molar-refractivity contribution in [2.45, 2.75) is 119 Å². The highest BCUT2D eigenvalue weighted by Gasteiger charge is 2.20. The second-order valence-electron chi connectivity index (χ2n) is 33.8. The monoisotopic (exact) mass is 2000 g/mol. The highest BCUT2D eigenvalue weighted by Crippen LogP contribution is 2.32. The van der Waals surface area contributed by atoms with Gasteiger partial charge in [0, 0.05) is 104 Å². The van der Waals surface area contributed by atoms with E-state index in [4.69, 9.17) is 32.7 Å². The normalized spacial score (nSPS) is 10.5. The summed E-state index contributed by atoms with van der Waals surface area (Å²) in [6.07, 6.45) is 2.58. The fourth-order valence-electron chi connectivity index (χ4n) is 13.1. The number of nitriles is 1. The molecular formula is C110H112Cl2N32O3. The Labute approximate surface area is 863 Å². The molecule has 18 rings (SSSR count). The molecule has 147 heavy (non-hydrogen) atoms. The molecule has 0 spiro atoms. The van der Waals surface area contributed by atoms with E-state index in [1.807, 2.05) is 385 Å². The minimum atomic E-state index is -0.615. The third-order valence-corrected chi connectivity index (χ3v) is 20.0. The van der Waals surface area contributed by atoms with E-state index < -0.39 is 6.09 Å². The molecule has 0 aliphatic carbocycles. The van der Waals surface area contributed by atoms with E-state index in [0.29, 0.717) is 122 Å². The summed E-state index contributed by atoms with van der Waals surface area (Å²) in [5, 5.41) is 48.2. The fourth-order valence-corrected chi connectivity index (χ4v) is 13.5. The molecule has 0 unspecified atom stereocenters. The molecule has 0 aliphatic rings. The number of halogens is 2. The lowest BCUT2D eigenvalue weighted by Crippen LogP contribution is -2.20. The number of carbonyl (C=O) groups is 1. The Balaban J connectivity index is 0.000000147. The van der Waals surface area contributed by atoms with Gasteiger partial charge >= 0.3 is 6.09 Å². The van der Waals surface area contributed by atoms with Gasteiger partial charge in [0.2, 0.25) is 71.4 Å². The van der Waals surface area contributed by atoms with E-state index in [0.717, 1.165) is 67.6 Å². The van der Waals surface area contributed by atoms with Gasteiger partial charge in [0.1, 0.15) is 11.8 Å². The van der Waals surface area contributed by atoms with E-state index in [9.17, 15) is 10.1 Å². The molecule has 1 amide bonds. The Kier molecular flexibility index (Phi) is 39.3. The molecule has 0 aliphatic heterocycles. The summed E-state index contributed by atoms with van der Waals surface area (Å²) in [6, 6.07) is 105. The maximum atomic E-state index is 11.9. The third-order valence-electron chi connectivity index (χ3n) is 19.5. The lowest BCUT2D eigenvalue weighted by atomic mass is 10.2. The van der Waals surface area contributed by atoms with Crippen LogP contribution in [0.15, 0.2) is 334 Å². The Morgan fingerprint density at radius 3 is 0.878 bits per heavy atom. The Hall–Kier alpha value is -18.4. The van der Waals surface area contributed by atoms with Crippen LogP contribution in [0.25, 0.3) is 68.3 Å². The Morgan fingerprint density at radius 2 is 0.551 bits per heavy atom. The SMILES string of the molecule is CC(C)Nc1nc(Nc2ccccc2)nc(-c2cccc(Cl)c2)n1.CC(C)Nc1nc(Nc2ccccc2)nc(-c2ccncc2)n1.CC(C)Nc1nc(Nc2ccccc2C#N)nc(-c2ccccc2)n1.CC(C)Nc1nc(Nc2ccccc2Cl)nc(-c2ccccc2)n1.CC(C)OC(=O)Nc1nc(Nc2ccccc2)nc(-c2ccccc2)n1.COc1ccc(Nc2nc(NC(C)C)nc(-c3ccccc3)n2)cc1. The molecule has 0 radical (unpaired) electrons. The van der Waals surface area contributed by atoms with Gasteiger partial charge in [-0.15, -0.1) is 0 Å². The number of nitrogens with one attached hydrogen (secondary N) is 12. The zero-order valence-electron chi connectivity index (χ0n) is 83.1. The number of aromatic nitrogens is 19. The van der Waals surface area contributed by atoms with Gasteiger partial charge in [0.25, 0.3) is 0 Å². The first-order valence-corrected chi connectivity index (χ1v) is 48.0. The average molecular weight is 2000 g/mol. The van der Waals surface area contributed by atoms with Crippen molar-refractivity contribution < 1.29 is 14.3 Å². The van der Waals surface area contributed by atoms with Gasteiger partial charge < -0.3 is 68.0 Å². The molecule has 0 saturated carbocycles. The molecule has 0 fully saturated rings. The van der Waals surface area contributed by atoms with Crippen LogP contribution in [0.4, 0.5) is 110 Å². The number of benzene rings is 11. The third kappa shape index (κ3) is 35.0.